The Hall–Kier alpha value is -2.24. The molecular weight excluding hydrogens is 349 g/mol. The lowest BCUT2D eigenvalue weighted by Crippen LogP contribution is -2.31. The molecule has 0 unspecified atom stereocenters. The average Bonchev–Trinajstić information content (AvgIpc) is 2.89. The molecule has 5 nitrogen and oxygen atoms in total. The van der Waals surface area contributed by atoms with E-state index in [2.05, 4.69) is 15.6 Å². The smallest absolute Gasteiger partial charge is 0.246 e. The third-order valence-corrected chi connectivity index (χ3v) is 4.01. The minimum atomic E-state index is -0.470. The maximum Gasteiger partial charge on any atom is 0.246 e. The Bertz CT molecular complexity index is 908. The molecule has 1 amide bonds. The molecule has 0 bridgehead atoms. The SMILES string of the molecule is Cc1nc2cc(N[C@H](C)C(=O)Nc3ccc(Cl)cc3Cl)ccc2o1. The third-order valence-electron chi connectivity index (χ3n) is 3.46. The van der Waals surface area contributed by atoms with Crippen LogP contribution < -0.4 is 10.6 Å². The lowest BCUT2D eigenvalue weighted by Gasteiger charge is -2.16. The van der Waals surface area contributed by atoms with E-state index in [1.165, 1.54) is 0 Å². The third kappa shape index (κ3) is 3.63. The van der Waals surface area contributed by atoms with Crippen LogP contribution in [0.15, 0.2) is 40.8 Å². The number of halogens is 2. The molecule has 24 heavy (non-hydrogen) atoms. The standard InChI is InChI=1S/C17H15Cl2N3O2/c1-9(17(23)22-14-5-3-11(18)7-13(14)19)20-12-4-6-16-15(8-12)21-10(2)24-16/h3-9,20H,1-2H3,(H,22,23)/t9-/m1/s1. The van der Waals surface area contributed by atoms with Crippen molar-refractivity contribution in [1.82, 2.24) is 4.98 Å². The molecule has 0 saturated heterocycles. The van der Waals surface area contributed by atoms with E-state index >= 15 is 0 Å². The summed E-state index contributed by atoms with van der Waals surface area (Å²) in [4.78, 5) is 16.6. The Morgan fingerprint density at radius 2 is 2.00 bits per heavy atom. The van der Waals surface area contributed by atoms with E-state index in [0.717, 1.165) is 11.2 Å². The number of anilines is 2. The summed E-state index contributed by atoms with van der Waals surface area (Å²) in [5.41, 5.74) is 2.75. The van der Waals surface area contributed by atoms with Gasteiger partial charge >= 0.3 is 0 Å². The molecular formula is C17H15Cl2N3O2. The average molecular weight is 364 g/mol. The van der Waals surface area contributed by atoms with Crippen LogP contribution in [-0.2, 0) is 4.79 Å². The Kier molecular flexibility index (Phi) is 4.64. The summed E-state index contributed by atoms with van der Waals surface area (Å²) >= 11 is 11.9. The van der Waals surface area contributed by atoms with Crippen molar-refractivity contribution < 1.29 is 9.21 Å². The van der Waals surface area contributed by atoms with Crippen LogP contribution in [0.25, 0.3) is 11.1 Å². The fraction of sp³-hybridized carbons (Fsp3) is 0.176. The molecule has 3 aromatic rings. The van der Waals surface area contributed by atoms with Gasteiger partial charge in [0.1, 0.15) is 11.6 Å². The van der Waals surface area contributed by atoms with Gasteiger partial charge in [0, 0.05) is 17.6 Å². The van der Waals surface area contributed by atoms with Crippen LogP contribution in [0.2, 0.25) is 10.0 Å². The minimum Gasteiger partial charge on any atom is -0.441 e. The summed E-state index contributed by atoms with van der Waals surface area (Å²) in [5, 5.41) is 6.81. The van der Waals surface area contributed by atoms with Gasteiger partial charge in [-0.25, -0.2) is 4.98 Å². The zero-order valence-electron chi connectivity index (χ0n) is 13.1. The second kappa shape index (κ2) is 6.71. The fourth-order valence-corrected chi connectivity index (χ4v) is 2.74. The number of carbonyl (C=O) groups excluding carboxylic acids is 1. The first-order chi connectivity index (χ1) is 11.4. The number of hydrogen-bond donors (Lipinski definition) is 2. The van der Waals surface area contributed by atoms with Gasteiger partial charge < -0.3 is 15.1 Å². The van der Waals surface area contributed by atoms with Crippen LogP contribution >= 0.6 is 23.2 Å². The number of nitrogens with zero attached hydrogens (tertiary/aromatic N) is 1. The number of fused-ring (bicyclic) bond motifs is 1. The summed E-state index contributed by atoms with van der Waals surface area (Å²) in [6, 6.07) is 9.94. The van der Waals surface area contributed by atoms with Crippen LogP contribution in [0.5, 0.6) is 0 Å². The summed E-state index contributed by atoms with van der Waals surface area (Å²) in [7, 11) is 0. The van der Waals surface area contributed by atoms with Gasteiger partial charge in [-0.2, -0.15) is 0 Å². The molecule has 0 fully saturated rings. The Morgan fingerprint density at radius 3 is 2.75 bits per heavy atom. The Morgan fingerprint density at radius 1 is 1.21 bits per heavy atom. The molecule has 7 heteroatoms. The number of rotatable bonds is 4. The summed E-state index contributed by atoms with van der Waals surface area (Å²) < 4.78 is 5.43. The maximum atomic E-state index is 12.3. The first-order valence-corrected chi connectivity index (χ1v) is 8.07. The normalized spacial score (nSPS) is 12.2. The zero-order valence-corrected chi connectivity index (χ0v) is 14.6. The predicted octanol–water partition coefficient (Wildman–Crippen LogP) is 4.88. The number of oxazole rings is 1. The van der Waals surface area contributed by atoms with Gasteiger partial charge in [0.2, 0.25) is 5.91 Å². The van der Waals surface area contributed by atoms with Gasteiger partial charge in [0.25, 0.3) is 0 Å². The number of hydrogen-bond acceptors (Lipinski definition) is 4. The molecule has 2 N–H and O–H groups in total. The first kappa shape index (κ1) is 16.6. The highest BCUT2D eigenvalue weighted by Gasteiger charge is 2.15. The summed E-state index contributed by atoms with van der Waals surface area (Å²) in [6.45, 7) is 3.55. The van der Waals surface area contributed by atoms with E-state index < -0.39 is 6.04 Å². The largest absolute Gasteiger partial charge is 0.441 e. The fourth-order valence-electron chi connectivity index (χ4n) is 2.28. The lowest BCUT2D eigenvalue weighted by molar-refractivity contribution is -0.116. The molecule has 124 valence electrons. The van der Waals surface area contributed by atoms with Crippen molar-refractivity contribution in [3.05, 3.63) is 52.3 Å². The molecule has 0 radical (unpaired) electrons. The van der Waals surface area contributed by atoms with Crippen molar-refractivity contribution in [2.75, 3.05) is 10.6 Å². The van der Waals surface area contributed by atoms with Gasteiger partial charge in [-0.15, -0.1) is 0 Å². The summed E-state index contributed by atoms with van der Waals surface area (Å²) in [6.07, 6.45) is 0. The van der Waals surface area contributed by atoms with Crippen molar-refractivity contribution in [2.24, 2.45) is 0 Å². The van der Waals surface area contributed by atoms with Crippen molar-refractivity contribution in [2.45, 2.75) is 19.9 Å². The molecule has 1 aromatic heterocycles. The van der Waals surface area contributed by atoms with Gasteiger partial charge in [-0.05, 0) is 43.3 Å². The van der Waals surface area contributed by atoms with Crippen LogP contribution in [-0.4, -0.2) is 16.9 Å². The van der Waals surface area contributed by atoms with Crippen molar-refractivity contribution in [3.63, 3.8) is 0 Å². The van der Waals surface area contributed by atoms with E-state index in [4.69, 9.17) is 27.6 Å². The molecule has 0 saturated carbocycles. The number of aryl methyl sites for hydroxylation is 1. The summed E-state index contributed by atoms with van der Waals surface area (Å²) in [5.74, 6) is 0.390. The highest BCUT2D eigenvalue weighted by molar-refractivity contribution is 6.36. The number of aromatic nitrogens is 1. The van der Waals surface area contributed by atoms with Gasteiger partial charge in [0.15, 0.2) is 11.5 Å². The molecule has 0 aliphatic rings. The quantitative estimate of drug-likeness (QED) is 0.692. The van der Waals surface area contributed by atoms with Crippen molar-refractivity contribution in [3.8, 4) is 0 Å². The molecule has 0 aliphatic carbocycles. The molecule has 1 atom stereocenters. The Labute approximate surface area is 149 Å². The number of nitrogens with one attached hydrogen (secondary N) is 2. The van der Waals surface area contributed by atoms with Gasteiger partial charge in [-0.1, -0.05) is 23.2 Å². The number of amides is 1. The molecule has 2 aromatic carbocycles. The van der Waals surface area contributed by atoms with E-state index in [-0.39, 0.29) is 5.91 Å². The monoisotopic (exact) mass is 363 g/mol. The first-order valence-electron chi connectivity index (χ1n) is 7.32. The minimum absolute atomic E-state index is 0.212. The topological polar surface area (TPSA) is 67.2 Å². The van der Waals surface area contributed by atoms with Crippen molar-refractivity contribution >= 4 is 51.6 Å². The van der Waals surface area contributed by atoms with E-state index in [0.29, 0.717) is 27.2 Å². The zero-order chi connectivity index (χ0) is 17.3. The lowest BCUT2D eigenvalue weighted by atomic mass is 10.2. The predicted molar refractivity (Wildman–Crippen MR) is 96.9 cm³/mol. The molecule has 0 aliphatic heterocycles. The second-order valence-electron chi connectivity index (χ2n) is 5.39. The number of carbonyl (C=O) groups is 1. The maximum absolute atomic E-state index is 12.3. The molecule has 1 heterocycles. The second-order valence-corrected chi connectivity index (χ2v) is 6.24. The van der Waals surface area contributed by atoms with Crippen LogP contribution in [0.1, 0.15) is 12.8 Å². The highest BCUT2D eigenvalue weighted by Crippen LogP contribution is 2.26. The van der Waals surface area contributed by atoms with Gasteiger partial charge in [-0.3, -0.25) is 4.79 Å². The van der Waals surface area contributed by atoms with E-state index in [9.17, 15) is 4.79 Å². The van der Waals surface area contributed by atoms with Crippen LogP contribution in [0.3, 0.4) is 0 Å². The number of benzene rings is 2. The molecule has 0 spiro atoms. The van der Waals surface area contributed by atoms with Gasteiger partial charge in [0.05, 0.1) is 10.7 Å². The van der Waals surface area contributed by atoms with E-state index in [1.807, 2.05) is 18.2 Å². The van der Waals surface area contributed by atoms with Crippen LogP contribution in [0, 0.1) is 6.92 Å². The van der Waals surface area contributed by atoms with Crippen LogP contribution in [0.4, 0.5) is 11.4 Å². The highest BCUT2D eigenvalue weighted by atomic mass is 35.5. The van der Waals surface area contributed by atoms with Crippen molar-refractivity contribution in [1.29, 1.82) is 0 Å². The molecule has 3 rings (SSSR count). The Balaban J connectivity index is 1.70. The van der Waals surface area contributed by atoms with E-state index in [1.54, 1.807) is 32.0 Å².